The molecule has 0 aliphatic carbocycles. The Morgan fingerprint density at radius 3 is 2.59 bits per heavy atom. The van der Waals surface area contributed by atoms with Crippen LogP contribution in [-0.4, -0.2) is 65.1 Å². The number of rotatable bonds is 6. The summed E-state index contributed by atoms with van der Waals surface area (Å²) in [5.74, 6) is -0.248. The van der Waals surface area contributed by atoms with E-state index in [4.69, 9.17) is 4.74 Å². The van der Waals surface area contributed by atoms with E-state index >= 15 is 0 Å². The van der Waals surface area contributed by atoms with Crippen LogP contribution >= 0.6 is 0 Å². The van der Waals surface area contributed by atoms with E-state index in [2.05, 4.69) is 10.2 Å². The minimum absolute atomic E-state index is 0.0427. The van der Waals surface area contributed by atoms with Crippen molar-refractivity contribution in [3.05, 3.63) is 23.8 Å². The van der Waals surface area contributed by atoms with Crippen molar-refractivity contribution in [2.75, 3.05) is 45.2 Å². The Morgan fingerprint density at radius 2 is 1.96 bits per heavy atom. The fraction of sp³-hybridized carbons (Fsp3) is 0.632. The van der Waals surface area contributed by atoms with Crippen molar-refractivity contribution in [1.82, 2.24) is 9.62 Å². The molecule has 2 aliphatic rings. The standard InChI is InChI=1S/C19H29N3O4S/c1-21(2)27(24,25)16-8-9-18(22-10-4-3-5-11-22)17(13-16)19(23)20-14-15-7-6-12-26-15/h8-9,13,15H,3-7,10-12,14H2,1-2H3,(H,20,23). The molecule has 2 saturated heterocycles. The van der Waals surface area contributed by atoms with Gasteiger partial charge in [0.1, 0.15) is 0 Å². The summed E-state index contributed by atoms with van der Waals surface area (Å²) in [5.41, 5.74) is 1.22. The second-order valence-electron chi connectivity index (χ2n) is 7.36. The average Bonchev–Trinajstić information content (AvgIpc) is 3.20. The molecule has 0 radical (unpaired) electrons. The van der Waals surface area contributed by atoms with Crippen LogP contribution in [0.4, 0.5) is 5.69 Å². The molecule has 2 heterocycles. The molecule has 1 unspecified atom stereocenters. The fourth-order valence-electron chi connectivity index (χ4n) is 3.59. The van der Waals surface area contributed by atoms with Crippen molar-refractivity contribution in [2.45, 2.75) is 43.1 Å². The third-order valence-corrected chi connectivity index (χ3v) is 7.01. The molecule has 1 amide bonds. The van der Waals surface area contributed by atoms with E-state index in [1.807, 2.05) is 0 Å². The molecular weight excluding hydrogens is 366 g/mol. The van der Waals surface area contributed by atoms with E-state index in [0.29, 0.717) is 12.1 Å². The smallest absolute Gasteiger partial charge is 0.253 e. The van der Waals surface area contributed by atoms with E-state index in [-0.39, 0.29) is 16.9 Å². The van der Waals surface area contributed by atoms with Gasteiger partial charge in [-0.25, -0.2) is 12.7 Å². The van der Waals surface area contributed by atoms with Crippen LogP contribution in [0.5, 0.6) is 0 Å². The van der Waals surface area contributed by atoms with E-state index in [1.54, 1.807) is 12.1 Å². The molecule has 3 rings (SSSR count). The van der Waals surface area contributed by atoms with Gasteiger partial charge in [-0.3, -0.25) is 4.79 Å². The normalized spacial score (nSPS) is 20.9. The Morgan fingerprint density at radius 1 is 1.22 bits per heavy atom. The number of carbonyl (C=O) groups excluding carboxylic acids is 1. The van der Waals surface area contributed by atoms with Crippen molar-refractivity contribution in [2.24, 2.45) is 0 Å². The summed E-state index contributed by atoms with van der Waals surface area (Å²) in [5, 5.41) is 2.93. The first-order valence-electron chi connectivity index (χ1n) is 9.61. The second kappa shape index (κ2) is 8.58. The summed E-state index contributed by atoms with van der Waals surface area (Å²) >= 11 is 0. The third-order valence-electron chi connectivity index (χ3n) is 5.20. The van der Waals surface area contributed by atoms with Crippen molar-refractivity contribution in [3.63, 3.8) is 0 Å². The minimum atomic E-state index is -3.60. The first-order chi connectivity index (χ1) is 12.9. The van der Waals surface area contributed by atoms with Crippen LogP contribution in [0.3, 0.4) is 0 Å². The number of nitrogens with one attached hydrogen (secondary N) is 1. The molecule has 0 bridgehead atoms. The SMILES string of the molecule is CN(C)S(=O)(=O)c1ccc(N2CCCCC2)c(C(=O)NCC2CCCO2)c1. The zero-order valence-electron chi connectivity index (χ0n) is 16.1. The third kappa shape index (κ3) is 4.62. The van der Waals surface area contributed by atoms with Gasteiger partial charge < -0.3 is 15.0 Å². The molecule has 7 nitrogen and oxygen atoms in total. The van der Waals surface area contributed by atoms with Gasteiger partial charge >= 0.3 is 0 Å². The summed E-state index contributed by atoms with van der Waals surface area (Å²) in [4.78, 5) is 15.2. The van der Waals surface area contributed by atoms with E-state index < -0.39 is 10.0 Å². The van der Waals surface area contributed by atoms with Crippen LogP contribution < -0.4 is 10.2 Å². The monoisotopic (exact) mass is 395 g/mol. The number of ether oxygens (including phenoxy) is 1. The molecule has 1 aromatic rings. The van der Waals surface area contributed by atoms with Gasteiger partial charge in [0.2, 0.25) is 10.0 Å². The van der Waals surface area contributed by atoms with Gasteiger partial charge in [-0.1, -0.05) is 0 Å². The molecule has 1 N–H and O–H groups in total. The summed E-state index contributed by atoms with van der Waals surface area (Å²) in [6.07, 6.45) is 5.33. The van der Waals surface area contributed by atoms with Crippen molar-refractivity contribution in [1.29, 1.82) is 0 Å². The molecule has 1 atom stereocenters. The molecule has 1 aromatic carbocycles. The van der Waals surface area contributed by atoms with E-state index in [9.17, 15) is 13.2 Å². The van der Waals surface area contributed by atoms with Crippen LogP contribution in [0.15, 0.2) is 23.1 Å². The maximum absolute atomic E-state index is 12.9. The number of sulfonamides is 1. The number of anilines is 1. The quantitative estimate of drug-likeness (QED) is 0.795. The van der Waals surface area contributed by atoms with Crippen molar-refractivity contribution in [3.8, 4) is 0 Å². The van der Waals surface area contributed by atoms with Gasteiger partial charge in [0.25, 0.3) is 5.91 Å². The topological polar surface area (TPSA) is 79.0 Å². The fourth-order valence-corrected chi connectivity index (χ4v) is 4.51. The number of carbonyl (C=O) groups is 1. The highest BCUT2D eigenvalue weighted by Gasteiger charge is 2.25. The molecule has 27 heavy (non-hydrogen) atoms. The Hall–Kier alpha value is -1.64. The van der Waals surface area contributed by atoms with Crippen LogP contribution in [0.1, 0.15) is 42.5 Å². The zero-order chi connectivity index (χ0) is 19.4. The molecule has 8 heteroatoms. The second-order valence-corrected chi connectivity index (χ2v) is 9.51. The number of hydrogen-bond acceptors (Lipinski definition) is 5. The average molecular weight is 396 g/mol. The molecule has 0 aromatic heterocycles. The van der Waals surface area contributed by atoms with Crippen molar-refractivity contribution >= 4 is 21.6 Å². The van der Waals surface area contributed by atoms with Crippen LogP contribution in [0.2, 0.25) is 0 Å². The Balaban J connectivity index is 1.89. The highest BCUT2D eigenvalue weighted by Crippen LogP contribution is 2.28. The molecule has 2 aliphatic heterocycles. The Labute approximate surface area is 161 Å². The maximum atomic E-state index is 12.9. The van der Waals surface area contributed by atoms with E-state index in [1.165, 1.54) is 26.6 Å². The minimum Gasteiger partial charge on any atom is -0.376 e. The first kappa shape index (κ1) is 20.1. The number of amides is 1. The van der Waals surface area contributed by atoms with Gasteiger partial charge in [0.15, 0.2) is 0 Å². The van der Waals surface area contributed by atoms with Crippen LogP contribution in [0, 0.1) is 0 Å². The largest absolute Gasteiger partial charge is 0.376 e. The lowest BCUT2D eigenvalue weighted by molar-refractivity contribution is 0.0858. The molecule has 0 saturated carbocycles. The first-order valence-corrected chi connectivity index (χ1v) is 11.0. The predicted molar refractivity (Wildman–Crippen MR) is 105 cm³/mol. The highest BCUT2D eigenvalue weighted by molar-refractivity contribution is 7.89. The summed E-state index contributed by atoms with van der Waals surface area (Å²) < 4.78 is 31.8. The van der Waals surface area contributed by atoms with Gasteiger partial charge in [0.05, 0.1) is 16.6 Å². The lowest BCUT2D eigenvalue weighted by Crippen LogP contribution is -2.35. The molecule has 150 valence electrons. The predicted octanol–water partition coefficient (Wildman–Crippen LogP) is 1.84. The van der Waals surface area contributed by atoms with Gasteiger partial charge in [-0.2, -0.15) is 0 Å². The Kier molecular flexibility index (Phi) is 6.39. The summed E-state index contributed by atoms with van der Waals surface area (Å²) in [7, 11) is -0.619. The molecular formula is C19H29N3O4S. The molecule has 0 spiro atoms. The van der Waals surface area contributed by atoms with Gasteiger partial charge in [-0.05, 0) is 50.3 Å². The number of hydrogen-bond donors (Lipinski definition) is 1. The highest BCUT2D eigenvalue weighted by atomic mass is 32.2. The lowest BCUT2D eigenvalue weighted by Gasteiger charge is -2.30. The number of benzene rings is 1. The van der Waals surface area contributed by atoms with Crippen LogP contribution in [0.25, 0.3) is 0 Å². The zero-order valence-corrected chi connectivity index (χ0v) is 16.9. The van der Waals surface area contributed by atoms with Gasteiger partial charge in [0, 0.05) is 46.0 Å². The maximum Gasteiger partial charge on any atom is 0.253 e. The molecule has 2 fully saturated rings. The Bertz CT molecular complexity index is 767. The summed E-state index contributed by atoms with van der Waals surface area (Å²) in [6.45, 7) is 2.94. The van der Waals surface area contributed by atoms with Crippen molar-refractivity contribution < 1.29 is 17.9 Å². The number of nitrogens with zero attached hydrogens (tertiary/aromatic N) is 2. The lowest BCUT2D eigenvalue weighted by atomic mass is 10.1. The number of piperidine rings is 1. The van der Waals surface area contributed by atoms with Gasteiger partial charge in [-0.15, -0.1) is 0 Å². The summed E-state index contributed by atoms with van der Waals surface area (Å²) in [6, 6.07) is 4.86. The van der Waals surface area contributed by atoms with Crippen LogP contribution in [-0.2, 0) is 14.8 Å². The van der Waals surface area contributed by atoms with E-state index in [0.717, 1.165) is 55.4 Å².